The van der Waals surface area contributed by atoms with E-state index >= 15 is 0 Å². The van der Waals surface area contributed by atoms with Crippen LogP contribution in [0, 0.1) is 18.7 Å². The topological polar surface area (TPSA) is 85.2 Å². The van der Waals surface area contributed by atoms with E-state index in [0.29, 0.717) is 48.1 Å². The lowest BCUT2D eigenvalue weighted by Gasteiger charge is -2.15. The van der Waals surface area contributed by atoms with Crippen molar-refractivity contribution in [1.29, 1.82) is 0 Å². The molecule has 1 amide bonds. The summed E-state index contributed by atoms with van der Waals surface area (Å²) in [6.07, 6.45) is 1.70. The number of nitrogens with zero attached hydrogens (tertiary/aromatic N) is 3. The summed E-state index contributed by atoms with van der Waals surface area (Å²) in [4.78, 5) is 18.3. The van der Waals surface area contributed by atoms with Crippen LogP contribution < -0.4 is 5.73 Å². The van der Waals surface area contributed by atoms with Gasteiger partial charge in [-0.15, -0.1) is 12.4 Å². The first-order chi connectivity index (χ1) is 11.6. The van der Waals surface area contributed by atoms with E-state index in [1.807, 2.05) is 4.90 Å². The lowest BCUT2D eigenvalue weighted by Crippen LogP contribution is -2.30. The molecule has 136 valence electrons. The number of likely N-dealkylation sites (tertiary alicyclic amines) is 1. The van der Waals surface area contributed by atoms with Gasteiger partial charge in [0.25, 0.3) is 0 Å². The molecule has 2 heterocycles. The van der Waals surface area contributed by atoms with E-state index in [-0.39, 0.29) is 24.1 Å². The molecule has 25 heavy (non-hydrogen) atoms. The summed E-state index contributed by atoms with van der Waals surface area (Å²) in [6.45, 7) is 3.81. The van der Waals surface area contributed by atoms with Crippen LogP contribution in [0.5, 0.6) is 0 Å². The fourth-order valence-corrected chi connectivity index (χ4v) is 2.88. The number of hydrogen-bond acceptors (Lipinski definition) is 5. The van der Waals surface area contributed by atoms with Crippen LogP contribution in [-0.4, -0.2) is 40.6 Å². The van der Waals surface area contributed by atoms with Crippen LogP contribution in [-0.2, 0) is 11.2 Å². The Hall–Kier alpha value is -1.99. The van der Waals surface area contributed by atoms with Gasteiger partial charge in [-0.05, 0) is 49.6 Å². The quantitative estimate of drug-likeness (QED) is 0.875. The number of nitrogens with two attached hydrogens (primary N) is 1. The SMILES string of the molecule is Cc1cc(-c2noc(CCC(=O)N3CCC(CN)C3)n2)ccc1F.Cl. The highest BCUT2D eigenvalue weighted by Crippen LogP contribution is 2.20. The minimum absolute atomic E-state index is 0. The Morgan fingerprint density at radius 2 is 2.28 bits per heavy atom. The second-order valence-electron chi connectivity index (χ2n) is 6.21. The molecule has 1 atom stereocenters. The summed E-state index contributed by atoms with van der Waals surface area (Å²) in [5.74, 6) is 1.04. The van der Waals surface area contributed by atoms with Gasteiger partial charge in [-0.25, -0.2) is 4.39 Å². The van der Waals surface area contributed by atoms with Crippen LogP contribution in [0.15, 0.2) is 22.7 Å². The molecule has 1 aliphatic rings. The Labute approximate surface area is 152 Å². The fourth-order valence-electron chi connectivity index (χ4n) is 2.88. The summed E-state index contributed by atoms with van der Waals surface area (Å²) >= 11 is 0. The van der Waals surface area contributed by atoms with Crippen molar-refractivity contribution in [3.8, 4) is 11.4 Å². The highest BCUT2D eigenvalue weighted by Gasteiger charge is 2.25. The van der Waals surface area contributed by atoms with Gasteiger partial charge in [0, 0.05) is 31.5 Å². The van der Waals surface area contributed by atoms with Crippen molar-refractivity contribution < 1.29 is 13.7 Å². The average molecular weight is 369 g/mol. The second-order valence-corrected chi connectivity index (χ2v) is 6.21. The van der Waals surface area contributed by atoms with E-state index in [4.69, 9.17) is 10.3 Å². The van der Waals surface area contributed by atoms with Crippen molar-refractivity contribution >= 4 is 18.3 Å². The Morgan fingerprint density at radius 1 is 1.48 bits per heavy atom. The van der Waals surface area contributed by atoms with Gasteiger partial charge in [0.2, 0.25) is 17.6 Å². The molecular formula is C17H22ClFN4O2. The second kappa shape index (κ2) is 8.40. The largest absolute Gasteiger partial charge is 0.342 e. The zero-order chi connectivity index (χ0) is 17.1. The van der Waals surface area contributed by atoms with E-state index in [1.54, 1.807) is 19.1 Å². The number of carbonyl (C=O) groups excluding carboxylic acids is 1. The van der Waals surface area contributed by atoms with Crippen LogP contribution in [0.25, 0.3) is 11.4 Å². The predicted octanol–water partition coefficient (Wildman–Crippen LogP) is 2.35. The molecule has 0 radical (unpaired) electrons. The molecule has 8 heteroatoms. The standard InChI is InChI=1S/C17H21FN4O2.ClH/c1-11-8-13(2-3-14(11)18)17-20-15(24-21-17)4-5-16(23)22-7-6-12(9-19)10-22;/h2-3,8,12H,4-7,9-10,19H2,1H3;1H. The number of carbonyl (C=O) groups is 1. The highest BCUT2D eigenvalue weighted by molar-refractivity contribution is 5.85. The van der Waals surface area contributed by atoms with E-state index in [2.05, 4.69) is 10.1 Å². The molecule has 0 spiro atoms. The molecule has 1 aliphatic heterocycles. The Bertz CT molecular complexity index is 737. The normalized spacial score (nSPS) is 16.8. The maximum Gasteiger partial charge on any atom is 0.227 e. The summed E-state index contributed by atoms with van der Waals surface area (Å²) < 4.78 is 18.5. The minimum Gasteiger partial charge on any atom is -0.342 e. The molecule has 1 saturated heterocycles. The minimum atomic E-state index is -0.269. The average Bonchev–Trinajstić information content (AvgIpc) is 3.24. The predicted molar refractivity (Wildman–Crippen MR) is 93.7 cm³/mol. The zero-order valence-electron chi connectivity index (χ0n) is 14.1. The lowest BCUT2D eigenvalue weighted by atomic mass is 10.1. The van der Waals surface area contributed by atoms with Gasteiger partial charge >= 0.3 is 0 Å². The lowest BCUT2D eigenvalue weighted by molar-refractivity contribution is -0.130. The van der Waals surface area contributed by atoms with Gasteiger partial charge in [-0.2, -0.15) is 4.98 Å². The summed E-state index contributed by atoms with van der Waals surface area (Å²) in [7, 11) is 0. The van der Waals surface area contributed by atoms with Gasteiger partial charge in [-0.3, -0.25) is 4.79 Å². The number of halogens is 2. The molecule has 1 fully saturated rings. The van der Waals surface area contributed by atoms with Gasteiger partial charge in [0.1, 0.15) is 5.82 Å². The third-order valence-electron chi connectivity index (χ3n) is 4.41. The number of aromatic nitrogens is 2. The first-order valence-electron chi connectivity index (χ1n) is 8.13. The summed E-state index contributed by atoms with van der Waals surface area (Å²) in [6, 6.07) is 4.66. The molecule has 0 aliphatic carbocycles. The number of aryl methyl sites for hydroxylation is 2. The molecule has 1 unspecified atom stereocenters. The molecular weight excluding hydrogens is 347 g/mol. The fraction of sp³-hybridized carbons (Fsp3) is 0.471. The van der Waals surface area contributed by atoms with Crippen molar-refractivity contribution in [3.63, 3.8) is 0 Å². The van der Waals surface area contributed by atoms with Gasteiger partial charge in [0.05, 0.1) is 0 Å². The highest BCUT2D eigenvalue weighted by atomic mass is 35.5. The molecule has 0 saturated carbocycles. The van der Waals surface area contributed by atoms with Crippen molar-refractivity contribution in [3.05, 3.63) is 35.5 Å². The van der Waals surface area contributed by atoms with Crippen LogP contribution in [0.1, 0.15) is 24.3 Å². The molecule has 2 N–H and O–H groups in total. The van der Waals surface area contributed by atoms with Crippen molar-refractivity contribution in [1.82, 2.24) is 15.0 Å². The molecule has 6 nitrogen and oxygen atoms in total. The monoisotopic (exact) mass is 368 g/mol. The van der Waals surface area contributed by atoms with Crippen LogP contribution >= 0.6 is 12.4 Å². The number of benzene rings is 1. The van der Waals surface area contributed by atoms with E-state index in [0.717, 1.165) is 19.5 Å². The van der Waals surface area contributed by atoms with Crippen molar-refractivity contribution in [2.45, 2.75) is 26.2 Å². The van der Waals surface area contributed by atoms with Gasteiger partial charge < -0.3 is 15.2 Å². The third-order valence-corrected chi connectivity index (χ3v) is 4.41. The van der Waals surface area contributed by atoms with Gasteiger partial charge in [-0.1, -0.05) is 5.16 Å². The maximum atomic E-state index is 13.3. The van der Waals surface area contributed by atoms with Crippen LogP contribution in [0.4, 0.5) is 4.39 Å². The zero-order valence-corrected chi connectivity index (χ0v) is 14.9. The van der Waals surface area contributed by atoms with Crippen molar-refractivity contribution in [2.75, 3.05) is 19.6 Å². The van der Waals surface area contributed by atoms with Crippen molar-refractivity contribution in [2.24, 2.45) is 11.7 Å². The molecule has 2 aromatic rings. The third kappa shape index (κ3) is 4.55. The van der Waals surface area contributed by atoms with E-state index in [9.17, 15) is 9.18 Å². The van der Waals surface area contributed by atoms with Crippen LogP contribution in [0.3, 0.4) is 0 Å². The molecule has 0 bridgehead atoms. The molecule has 1 aromatic carbocycles. The Kier molecular flexibility index (Phi) is 6.50. The smallest absolute Gasteiger partial charge is 0.227 e. The first kappa shape index (κ1) is 19.3. The van der Waals surface area contributed by atoms with E-state index in [1.165, 1.54) is 6.07 Å². The number of amides is 1. The maximum absolute atomic E-state index is 13.3. The first-order valence-corrected chi connectivity index (χ1v) is 8.13. The molecule has 1 aromatic heterocycles. The summed E-state index contributed by atoms with van der Waals surface area (Å²) in [5, 5.41) is 3.91. The Balaban J connectivity index is 0.00000225. The van der Waals surface area contributed by atoms with E-state index < -0.39 is 0 Å². The Morgan fingerprint density at radius 3 is 2.96 bits per heavy atom. The number of rotatable bonds is 5. The van der Waals surface area contributed by atoms with Crippen LogP contribution in [0.2, 0.25) is 0 Å². The number of hydrogen-bond donors (Lipinski definition) is 1. The summed E-state index contributed by atoms with van der Waals surface area (Å²) in [5.41, 5.74) is 6.86. The van der Waals surface area contributed by atoms with Gasteiger partial charge in [0.15, 0.2) is 0 Å². The molecule has 3 rings (SSSR count).